The first-order chi connectivity index (χ1) is 9.95. The molecule has 0 aliphatic heterocycles. The van der Waals surface area contributed by atoms with Gasteiger partial charge in [-0.2, -0.15) is 0 Å². The molecule has 4 aliphatic rings. The van der Waals surface area contributed by atoms with Gasteiger partial charge in [-0.25, -0.2) is 0 Å². The molecule has 0 aromatic carbocycles. The number of hydrogen-bond donors (Lipinski definition) is 1. The summed E-state index contributed by atoms with van der Waals surface area (Å²) < 4.78 is 0. The number of ketones is 1. The molecule has 4 aliphatic carbocycles. The van der Waals surface area contributed by atoms with Gasteiger partial charge in [-0.15, -0.1) is 0 Å². The zero-order valence-corrected chi connectivity index (χ0v) is 13.4. The molecule has 0 aromatic rings. The Morgan fingerprint density at radius 1 is 1.10 bits per heavy atom. The van der Waals surface area contributed by atoms with Crippen LogP contribution >= 0.6 is 0 Å². The van der Waals surface area contributed by atoms with Gasteiger partial charge in [0, 0.05) is 11.8 Å². The van der Waals surface area contributed by atoms with Crippen LogP contribution < -0.4 is 0 Å². The van der Waals surface area contributed by atoms with E-state index in [1.807, 2.05) is 0 Å². The maximum absolute atomic E-state index is 12.4. The van der Waals surface area contributed by atoms with E-state index in [1.54, 1.807) is 0 Å². The van der Waals surface area contributed by atoms with Crippen LogP contribution in [-0.4, -0.2) is 17.0 Å². The molecule has 0 unspecified atom stereocenters. The van der Waals surface area contributed by atoms with Crippen LogP contribution in [0, 0.1) is 28.6 Å². The molecule has 6 atom stereocenters. The lowest BCUT2D eigenvalue weighted by molar-refractivity contribution is -0.132. The average molecular weight is 288 g/mol. The Hall–Kier alpha value is -0.630. The zero-order chi connectivity index (χ0) is 14.8. The number of carbonyl (C=O) groups excluding carboxylic acids is 1. The molecule has 1 N–H and O–H groups in total. The second-order valence-electron chi connectivity index (χ2n) is 8.57. The summed E-state index contributed by atoms with van der Waals surface area (Å²) in [5, 5.41) is 10.00. The fourth-order valence-corrected chi connectivity index (χ4v) is 6.41. The van der Waals surface area contributed by atoms with Crippen LogP contribution in [0.5, 0.6) is 0 Å². The molecule has 0 saturated heterocycles. The van der Waals surface area contributed by atoms with Gasteiger partial charge in [0.2, 0.25) is 0 Å². The lowest BCUT2D eigenvalue weighted by Crippen LogP contribution is -2.50. The van der Waals surface area contributed by atoms with Gasteiger partial charge in [-0.3, -0.25) is 4.79 Å². The topological polar surface area (TPSA) is 37.3 Å². The molecule has 0 bridgehead atoms. The molecular weight excluding hydrogens is 260 g/mol. The van der Waals surface area contributed by atoms with Crippen molar-refractivity contribution in [3.8, 4) is 0 Å². The van der Waals surface area contributed by atoms with Gasteiger partial charge >= 0.3 is 0 Å². The molecule has 2 heteroatoms. The Kier molecular flexibility index (Phi) is 2.96. The van der Waals surface area contributed by atoms with E-state index >= 15 is 0 Å². The summed E-state index contributed by atoms with van der Waals surface area (Å²) in [6.45, 7) is 4.69. The largest absolute Gasteiger partial charge is 0.393 e. The first-order valence-electron chi connectivity index (χ1n) is 8.86. The fourth-order valence-electron chi connectivity index (χ4n) is 6.41. The van der Waals surface area contributed by atoms with Gasteiger partial charge in [0.25, 0.3) is 0 Å². The van der Waals surface area contributed by atoms with Gasteiger partial charge in [-0.1, -0.05) is 25.5 Å². The summed E-state index contributed by atoms with van der Waals surface area (Å²) in [4.78, 5) is 12.4. The van der Waals surface area contributed by atoms with Crippen molar-refractivity contribution < 1.29 is 9.90 Å². The second-order valence-corrected chi connectivity index (χ2v) is 8.57. The molecular formula is C19H28O2. The molecule has 0 aromatic heterocycles. The molecule has 4 rings (SSSR count). The van der Waals surface area contributed by atoms with Crippen LogP contribution in [0.3, 0.4) is 0 Å². The first-order valence-corrected chi connectivity index (χ1v) is 8.86. The monoisotopic (exact) mass is 288 g/mol. The van der Waals surface area contributed by atoms with Crippen LogP contribution in [0.25, 0.3) is 0 Å². The summed E-state index contributed by atoms with van der Waals surface area (Å²) in [6.07, 6.45) is 10.7. The predicted octanol–water partition coefficient (Wildman–Crippen LogP) is 3.88. The third-order valence-electron chi connectivity index (χ3n) is 7.79. The number of Topliss-reactive ketones (excluding diaryl/α,β-unsaturated/α-hetero) is 1. The molecule has 0 spiro atoms. The minimum absolute atomic E-state index is 0.0168. The standard InChI is InChI=1S/C19H28O2/c1-18-9-7-13(20)11-12(18)3-4-14-15-5-6-17(21)19(15,2)10-8-16(14)18/h3,13-16,20H,4-11H2,1-2H3/t13-,14-,15+,16-,18-,19-/m0/s1. The Morgan fingerprint density at radius 3 is 2.62 bits per heavy atom. The number of hydrogen-bond acceptors (Lipinski definition) is 2. The van der Waals surface area contributed by atoms with Gasteiger partial charge in [0.05, 0.1) is 6.10 Å². The van der Waals surface area contributed by atoms with Crippen LogP contribution in [-0.2, 0) is 4.79 Å². The summed E-state index contributed by atoms with van der Waals surface area (Å²) in [6, 6.07) is 0. The van der Waals surface area contributed by atoms with Crippen molar-refractivity contribution in [2.24, 2.45) is 28.6 Å². The molecule has 3 fully saturated rings. The number of aliphatic hydroxyl groups is 1. The number of allylic oxidation sites excluding steroid dienone is 1. The highest BCUT2D eigenvalue weighted by molar-refractivity contribution is 5.87. The molecule has 0 heterocycles. The van der Waals surface area contributed by atoms with Gasteiger partial charge in [-0.05, 0) is 68.1 Å². The van der Waals surface area contributed by atoms with Gasteiger partial charge in [0.15, 0.2) is 0 Å². The summed E-state index contributed by atoms with van der Waals surface area (Å²) in [5.41, 5.74) is 1.81. The average Bonchev–Trinajstić information content (AvgIpc) is 2.76. The lowest BCUT2D eigenvalue weighted by atomic mass is 9.48. The van der Waals surface area contributed by atoms with Crippen LogP contribution in [0.4, 0.5) is 0 Å². The molecule has 2 nitrogen and oxygen atoms in total. The van der Waals surface area contributed by atoms with E-state index < -0.39 is 0 Å². The Labute approximate surface area is 128 Å². The predicted molar refractivity (Wildman–Crippen MR) is 82.7 cm³/mol. The molecule has 116 valence electrons. The molecule has 0 radical (unpaired) electrons. The highest BCUT2D eigenvalue weighted by Gasteiger charge is 2.58. The van der Waals surface area contributed by atoms with Gasteiger partial charge in [0.1, 0.15) is 5.78 Å². The van der Waals surface area contributed by atoms with Crippen LogP contribution in [0.1, 0.15) is 65.2 Å². The smallest absolute Gasteiger partial charge is 0.139 e. The summed E-state index contributed by atoms with van der Waals surface area (Å²) >= 11 is 0. The quantitative estimate of drug-likeness (QED) is 0.687. The normalized spacial score (nSPS) is 52.7. The van der Waals surface area contributed by atoms with Crippen molar-refractivity contribution in [2.75, 3.05) is 0 Å². The highest BCUT2D eigenvalue weighted by atomic mass is 16.3. The molecule has 0 amide bonds. The van der Waals surface area contributed by atoms with Crippen molar-refractivity contribution in [3.05, 3.63) is 11.6 Å². The number of fused-ring (bicyclic) bond motifs is 5. The van der Waals surface area contributed by atoms with E-state index in [4.69, 9.17) is 0 Å². The van der Waals surface area contributed by atoms with E-state index in [1.165, 1.54) is 12.0 Å². The van der Waals surface area contributed by atoms with Crippen molar-refractivity contribution in [1.29, 1.82) is 0 Å². The van der Waals surface area contributed by atoms with E-state index in [-0.39, 0.29) is 11.5 Å². The lowest BCUT2D eigenvalue weighted by Gasteiger charge is -2.56. The number of aliphatic hydroxyl groups excluding tert-OH is 1. The van der Waals surface area contributed by atoms with E-state index in [0.717, 1.165) is 50.9 Å². The van der Waals surface area contributed by atoms with Crippen molar-refractivity contribution in [2.45, 2.75) is 71.3 Å². The van der Waals surface area contributed by atoms with E-state index in [9.17, 15) is 9.90 Å². The summed E-state index contributed by atoms with van der Waals surface area (Å²) in [5.74, 6) is 2.60. The SMILES string of the molecule is C[C@]12CC[C@H](O)CC1=CC[C@H]1[C@H]3CCC(=O)[C@@]3(C)CC[C@@H]12. The minimum atomic E-state index is -0.122. The first kappa shape index (κ1) is 14.0. The van der Waals surface area contributed by atoms with Crippen LogP contribution in [0.2, 0.25) is 0 Å². The second kappa shape index (κ2) is 4.44. The van der Waals surface area contributed by atoms with Crippen molar-refractivity contribution >= 4 is 5.78 Å². The maximum Gasteiger partial charge on any atom is 0.139 e. The van der Waals surface area contributed by atoms with E-state index in [0.29, 0.717) is 23.0 Å². The Morgan fingerprint density at radius 2 is 1.81 bits per heavy atom. The Bertz CT molecular complexity index is 508. The number of rotatable bonds is 0. The van der Waals surface area contributed by atoms with Gasteiger partial charge < -0.3 is 5.11 Å². The fraction of sp³-hybridized carbons (Fsp3) is 0.842. The molecule has 3 saturated carbocycles. The van der Waals surface area contributed by atoms with Crippen molar-refractivity contribution in [1.82, 2.24) is 0 Å². The third-order valence-corrected chi connectivity index (χ3v) is 7.79. The maximum atomic E-state index is 12.4. The zero-order valence-electron chi connectivity index (χ0n) is 13.4. The van der Waals surface area contributed by atoms with Crippen molar-refractivity contribution in [3.63, 3.8) is 0 Å². The Balaban J connectivity index is 1.69. The highest BCUT2D eigenvalue weighted by Crippen LogP contribution is 2.63. The minimum Gasteiger partial charge on any atom is -0.393 e. The van der Waals surface area contributed by atoms with E-state index in [2.05, 4.69) is 19.9 Å². The third kappa shape index (κ3) is 1.78. The molecule has 21 heavy (non-hydrogen) atoms. The number of carbonyl (C=O) groups is 1. The van der Waals surface area contributed by atoms with Crippen LogP contribution in [0.15, 0.2) is 11.6 Å². The summed E-state index contributed by atoms with van der Waals surface area (Å²) in [7, 11) is 0.